The largest absolute Gasteiger partial charge is 0.495 e. The van der Waals surface area contributed by atoms with Gasteiger partial charge in [0.25, 0.3) is 5.91 Å². The average Bonchev–Trinajstić information content (AvgIpc) is 2.78. The van der Waals surface area contributed by atoms with Gasteiger partial charge in [0.05, 0.1) is 39.6 Å². The Morgan fingerprint density at radius 3 is 2.23 bits per heavy atom. The second kappa shape index (κ2) is 10.2. The molecule has 0 aliphatic carbocycles. The van der Waals surface area contributed by atoms with E-state index in [4.69, 9.17) is 14.2 Å². The number of anilines is 1. The van der Waals surface area contributed by atoms with Gasteiger partial charge in [-0.1, -0.05) is 18.2 Å². The number of likely N-dealkylation sites (N-methyl/N-ethyl adjacent to an activating group) is 1. The fourth-order valence-corrected chi connectivity index (χ4v) is 3.94. The van der Waals surface area contributed by atoms with Crippen LogP contribution in [0, 0.1) is 0 Å². The van der Waals surface area contributed by atoms with Crippen molar-refractivity contribution in [3.05, 3.63) is 48.0 Å². The van der Waals surface area contributed by atoms with Crippen LogP contribution in [0.25, 0.3) is 0 Å². The van der Waals surface area contributed by atoms with Crippen molar-refractivity contribution >= 4 is 11.6 Å². The topological polar surface area (TPSA) is 55.7 Å². The predicted octanol–water partition coefficient (Wildman–Crippen LogP) is 1.08. The molecule has 0 saturated carbocycles. The maximum absolute atomic E-state index is 12.8. The van der Waals surface area contributed by atoms with Crippen LogP contribution in [0.15, 0.2) is 42.5 Å². The molecular weight excluding hydrogens is 382 g/mol. The number of methoxy groups -OCH3 is 3. The summed E-state index contributed by atoms with van der Waals surface area (Å²) in [5, 5.41) is 0. The number of amides is 1. The molecule has 1 amide bonds. The van der Waals surface area contributed by atoms with Gasteiger partial charge in [-0.25, -0.2) is 0 Å². The van der Waals surface area contributed by atoms with E-state index in [0.29, 0.717) is 31.9 Å². The Balaban J connectivity index is 1.55. The molecule has 1 N–H and O–H groups in total. The highest BCUT2D eigenvalue weighted by Crippen LogP contribution is 2.30. The Morgan fingerprint density at radius 2 is 1.57 bits per heavy atom. The first kappa shape index (κ1) is 21.8. The Bertz CT molecular complexity index is 850. The predicted molar refractivity (Wildman–Crippen MR) is 117 cm³/mol. The van der Waals surface area contributed by atoms with Crippen LogP contribution in [-0.4, -0.2) is 71.9 Å². The van der Waals surface area contributed by atoms with Crippen LogP contribution in [0.2, 0.25) is 0 Å². The Labute approximate surface area is 178 Å². The number of carbonyl (C=O) groups excluding carboxylic acids is 1. The first-order chi connectivity index (χ1) is 14.6. The number of rotatable bonds is 8. The quantitative estimate of drug-likeness (QED) is 0.701. The second-order valence-corrected chi connectivity index (χ2v) is 7.50. The lowest BCUT2D eigenvalue weighted by Crippen LogP contribution is -3.09. The van der Waals surface area contributed by atoms with E-state index in [9.17, 15) is 4.79 Å². The molecule has 1 aliphatic rings. The highest BCUT2D eigenvalue weighted by molar-refractivity contribution is 5.77. The SMILES string of the molecule is COc1ccccc1N1CCN(C(=O)C[NH+](C)Cc2cccc(OC)c2OC)CC1. The molecular formula is C23H32N3O4+. The van der Waals surface area contributed by atoms with Gasteiger partial charge in [0.2, 0.25) is 0 Å². The molecule has 0 radical (unpaired) electrons. The highest BCUT2D eigenvalue weighted by Gasteiger charge is 2.25. The maximum Gasteiger partial charge on any atom is 0.277 e. The third kappa shape index (κ3) is 4.97. The van der Waals surface area contributed by atoms with Crippen LogP contribution < -0.4 is 24.0 Å². The minimum atomic E-state index is 0.175. The average molecular weight is 415 g/mol. The maximum atomic E-state index is 12.8. The van der Waals surface area contributed by atoms with Crippen molar-refractivity contribution in [1.29, 1.82) is 0 Å². The van der Waals surface area contributed by atoms with Crippen molar-refractivity contribution in [1.82, 2.24) is 4.90 Å². The van der Waals surface area contributed by atoms with E-state index in [1.165, 1.54) is 0 Å². The van der Waals surface area contributed by atoms with Crippen LogP contribution >= 0.6 is 0 Å². The Morgan fingerprint density at radius 1 is 0.900 bits per heavy atom. The van der Waals surface area contributed by atoms with Gasteiger partial charge in [0.1, 0.15) is 12.3 Å². The van der Waals surface area contributed by atoms with Crippen LogP contribution in [0.3, 0.4) is 0 Å². The van der Waals surface area contributed by atoms with Gasteiger partial charge in [0, 0.05) is 26.2 Å². The molecule has 2 aromatic carbocycles. The number of ether oxygens (including phenoxy) is 3. The molecule has 1 aliphatic heterocycles. The van der Waals surface area contributed by atoms with E-state index < -0.39 is 0 Å². The number of quaternary nitrogens is 1. The van der Waals surface area contributed by atoms with Crippen LogP contribution in [0.4, 0.5) is 5.69 Å². The third-order valence-electron chi connectivity index (χ3n) is 5.49. The van der Waals surface area contributed by atoms with Crippen LogP contribution in [-0.2, 0) is 11.3 Å². The van der Waals surface area contributed by atoms with E-state index in [2.05, 4.69) is 11.0 Å². The van der Waals surface area contributed by atoms with Gasteiger partial charge < -0.3 is 28.9 Å². The van der Waals surface area contributed by atoms with Gasteiger partial charge in [-0.15, -0.1) is 0 Å². The summed E-state index contributed by atoms with van der Waals surface area (Å²) in [7, 11) is 6.99. The van der Waals surface area contributed by atoms with Crippen molar-refractivity contribution in [3.63, 3.8) is 0 Å². The van der Waals surface area contributed by atoms with Gasteiger partial charge in [-0.05, 0) is 24.3 Å². The molecule has 0 aromatic heterocycles. The molecule has 1 atom stereocenters. The zero-order chi connectivity index (χ0) is 21.5. The second-order valence-electron chi connectivity index (χ2n) is 7.50. The summed E-state index contributed by atoms with van der Waals surface area (Å²) < 4.78 is 16.4. The highest BCUT2D eigenvalue weighted by atomic mass is 16.5. The van der Waals surface area contributed by atoms with E-state index in [-0.39, 0.29) is 5.91 Å². The van der Waals surface area contributed by atoms with Gasteiger partial charge >= 0.3 is 0 Å². The molecule has 0 bridgehead atoms. The molecule has 3 rings (SSSR count). The lowest BCUT2D eigenvalue weighted by Gasteiger charge is -2.36. The van der Waals surface area contributed by atoms with Crippen molar-refractivity contribution < 1.29 is 23.9 Å². The molecule has 1 fully saturated rings. The fraction of sp³-hybridized carbons (Fsp3) is 0.435. The molecule has 1 unspecified atom stereocenters. The first-order valence-electron chi connectivity index (χ1n) is 10.2. The summed E-state index contributed by atoms with van der Waals surface area (Å²) in [6, 6.07) is 13.9. The number of hydrogen-bond donors (Lipinski definition) is 1. The van der Waals surface area contributed by atoms with Gasteiger partial charge in [0.15, 0.2) is 18.0 Å². The zero-order valence-electron chi connectivity index (χ0n) is 18.3. The number of piperazine rings is 1. The molecule has 2 aromatic rings. The smallest absolute Gasteiger partial charge is 0.277 e. The van der Waals surface area contributed by atoms with E-state index in [0.717, 1.165) is 40.7 Å². The first-order valence-corrected chi connectivity index (χ1v) is 10.2. The summed E-state index contributed by atoms with van der Waals surface area (Å²) in [4.78, 5) is 18.2. The monoisotopic (exact) mass is 414 g/mol. The van der Waals surface area contributed by atoms with Crippen molar-refractivity contribution in [2.45, 2.75) is 6.54 Å². The van der Waals surface area contributed by atoms with Crippen molar-refractivity contribution in [2.24, 2.45) is 0 Å². The summed E-state index contributed by atoms with van der Waals surface area (Å²) in [5.41, 5.74) is 2.11. The van der Waals surface area contributed by atoms with E-state index in [1.807, 2.05) is 48.3 Å². The van der Waals surface area contributed by atoms with Gasteiger partial charge in [-0.2, -0.15) is 0 Å². The minimum Gasteiger partial charge on any atom is -0.495 e. The van der Waals surface area contributed by atoms with E-state index in [1.54, 1.807) is 21.3 Å². The lowest BCUT2D eigenvalue weighted by molar-refractivity contribution is -0.885. The van der Waals surface area contributed by atoms with Crippen LogP contribution in [0.1, 0.15) is 5.56 Å². The third-order valence-corrected chi connectivity index (χ3v) is 5.49. The minimum absolute atomic E-state index is 0.175. The summed E-state index contributed by atoms with van der Waals surface area (Å²) >= 11 is 0. The lowest BCUT2D eigenvalue weighted by atomic mass is 10.1. The molecule has 162 valence electrons. The number of carbonyl (C=O) groups is 1. The fourth-order valence-electron chi connectivity index (χ4n) is 3.94. The van der Waals surface area contributed by atoms with Crippen molar-refractivity contribution in [3.8, 4) is 17.2 Å². The molecule has 7 nitrogen and oxygen atoms in total. The normalized spacial score (nSPS) is 14.9. The molecule has 1 saturated heterocycles. The van der Waals surface area contributed by atoms with Gasteiger partial charge in [-0.3, -0.25) is 4.79 Å². The zero-order valence-corrected chi connectivity index (χ0v) is 18.3. The van der Waals surface area contributed by atoms with Crippen LogP contribution in [0.5, 0.6) is 17.2 Å². The number of para-hydroxylation sites is 3. The summed E-state index contributed by atoms with van der Waals surface area (Å²) in [5.74, 6) is 2.49. The van der Waals surface area contributed by atoms with E-state index >= 15 is 0 Å². The summed E-state index contributed by atoms with van der Waals surface area (Å²) in [6.07, 6.45) is 0. The molecule has 30 heavy (non-hydrogen) atoms. The molecule has 1 heterocycles. The number of hydrogen-bond acceptors (Lipinski definition) is 5. The van der Waals surface area contributed by atoms with Crippen molar-refractivity contribution in [2.75, 3.05) is 66.0 Å². The Hall–Kier alpha value is -2.93. The number of nitrogens with zero attached hydrogens (tertiary/aromatic N) is 2. The number of benzene rings is 2. The number of nitrogens with one attached hydrogen (secondary N) is 1. The standard InChI is InChI=1S/C23H31N3O4/c1-24(16-18-8-7-11-21(29-3)23(18)30-4)17-22(27)26-14-12-25(13-15-26)19-9-5-6-10-20(19)28-2/h5-11H,12-17H2,1-4H3/p+1. The summed E-state index contributed by atoms with van der Waals surface area (Å²) in [6.45, 7) is 4.16. The molecule has 0 spiro atoms. The molecule has 7 heteroatoms. The Kier molecular flexibility index (Phi) is 7.41.